The van der Waals surface area contributed by atoms with Gasteiger partial charge in [-0.25, -0.2) is 15.0 Å². The van der Waals surface area contributed by atoms with Crippen LogP contribution in [0.3, 0.4) is 0 Å². The Morgan fingerprint density at radius 2 is 2.00 bits per heavy atom. The van der Waals surface area contributed by atoms with Crippen molar-refractivity contribution < 1.29 is 9.47 Å². The lowest BCUT2D eigenvalue weighted by Gasteiger charge is -2.18. The van der Waals surface area contributed by atoms with E-state index in [-0.39, 0.29) is 11.7 Å². The van der Waals surface area contributed by atoms with E-state index in [4.69, 9.17) is 21.1 Å². The van der Waals surface area contributed by atoms with Crippen LogP contribution in [0.4, 0.5) is 0 Å². The number of aryl methyl sites for hydroxylation is 2. The summed E-state index contributed by atoms with van der Waals surface area (Å²) < 4.78 is 13.3. The monoisotopic (exact) mass is 523 g/mol. The Balaban J connectivity index is 1.57. The Hall–Kier alpha value is -2.85. The Labute approximate surface area is 218 Å². The van der Waals surface area contributed by atoms with E-state index >= 15 is 0 Å². The van der Waals surface area contributed by atoms with Crippen LogP contribution in [0.25, 0.3) is 33.4 Å². The van der Waals surface area contributed by atoms with Crippen LogP contribution in [0.15, 0.2) is 52.8 Å². The van der Waals surface area contributed by atoms with Crippen molar-refractivity contribution in [2.45, 2.75) is 50.8 Å². The van der Waals surface area contributed by atoms with Crippen LogP contribution < -0.4 is 5.56 Å². The van der Waals surface area contributed by atoms with Gasteiger partial charge in [0.25, 0.3) is 5.56 Å². The second-order valence-electron chi connectivity index (χ2n) is 9.13. The molecule has 4 heterocycles. The van der Waals surface area contributed by atoms with Crippen molar-refractivity contribution in [3.63, 3.8) is 0 Å². The quantitative estimate of drug-likeness (QED) is 0.253. The molecular weight excluding hydrogens is 498 g/mol. The number of thioether (sulfide) groups is 1. The van der Waals surface area contributed by atoms with Crippen molar-refractivity contribution in [3.8, 4) is 22.4 Å². The predicted octanol–water partition coefficient (Wildman–Crippen LogP) is 5.14. The minimum absolute atomic E-state index is 0.106. The summed E-state index contributed by atoms with van der Waals surface area (Å²) in [5, 5.41) is 1.82. The molecule has 0 aliphatic carbocycles. The second kappa shape index (κ2) is 9.89. The number of hydrogen-bond acceptors (Lipinski definition) is 8. The number of rotatable bonds is 6. The zero-order valence-electron chi connectivity index (χ0n) is 20.5. The number of fused-ring (bicyclic) bond motifs is 1. The van der Waals surface area contributed by atoms with E-state index < -0.39 is 5.79 Å². The third-order valence-corrected chi connectivity index (χ3v) is 6.91. The highest BCUT2D eigenvalue weighted by Crippen LogP contribution is 2.32. The molecule has 0 bridgehead atoms. The van der Waals surface area contributed by atoms with Gasteiger partial charge in [0.05, 0.1) is 30.3 Å². The molecule has 1 fully saturated rings. The molecule has 1 saturated heterocycles. The molecule has 1 unspecified atom stereocenters. The average molecular weight is 524 g/mol. The molecule has 0 amide bonds. The normalized spacial score (nSPS) is 17.1. The van der Waals surface area contributed by atoms with Gasteiger partial charge in [-0.1, -0.05) is 35.5 Å². The summed E-state index contributed by atoms with van der Waals surface area (Å²) in [7, 11) is 0. The number of hydrogen-bond donors (Lipinski definition) is 0. The molecule has 10 heteroatoms. The second-order valence-corrected chi connectivity index (χ2v) is 10.3. The number of ether oxygens (including phenoxy) is 2. The molecule has 5 rings (SSSR count). The zero-order valence-corrected chi connectivity index (χ0v) is 22.1. The number of benzene rings is 1. The van der Waals surface area contributed by atoms with E-state index in [1.807, 2.05) is 51.3 Å². The highest BCUT2D eigenvalue weighted by Gasteiger charge is 2.32. The summed E-state index contributed by atoms with van der Waals surface area (Å²) in [6, 6.07) is 7.37. The third-order valence-electron chi connectivity index (χ3n) is 6.04. The van der Waals surface area contributed by atoms with Gasteiger partial charge in [-0.2, -0.15) is 0 Å². The first kappa shape index (κ1) is 24.8. The standard InChI is InChI=1S/C26H26ClN5O3S/c1-15-11-28-13-22(30-15)16-5-6-19(21(27)10-16)20-9-17-12-29-25(36-4)31-23(17)32(24(20)33)8-7-18-14-34-26(2,3)35-18/h5-6,9-13,18H,7-8,14H2,1-4H3. The number of halogens is 1. The topological polar surface area (TPSA) is 92.0 Å². The van der Waals surface area contributed by atoms with Crippen molar-refractivity contribution >= 4 is 34.4 Å². The molecule has 3 aromatic heterocycles. The van der Waals surface area contributed by atoms with E-state index in [1.54, 1.807) is 23.2 Å². The van der Waals surface area contributed by atoms with Gasteiger partial charge >= 0.3 is 0 Å². The van der Waals surface area contributed by atoms with Crippen molar-refractivity contribution in [1.82, 2.24) is 24.5 Å². The van der Waals surface area contributed by atoms with Crippen LogP contribution in [0.2, 0.25) is 5.02 Å². The SMILES string of the molecule is CSc1ncc2cc(-c3ccc(-c4cncc(C)n4)cc3Cl)c(=O)n(CCC3COC(C)(C)O3)c2n1. The van der Waals surface area contributed by atoms with E-state index in [1.165, 1.54) is 11.8 Å². The van der Waals surface area contributed by atoms with E-state index in [9.17, 15) is 4.79 Å². The Bertz CT molecular complexity index is 1510. The highest BCUT2D eigenvalue weighted by atomic mass is 35.5. The molecule has 186 valence electrons. The molecular formula is C26H26ClN5O3S. The highest BCUT2D eigenvalue weighted by molar-refractivity contribution is 7.98. The molecule has 1 aliphatic rings. The predicted molar refractivity (Wildman–Crippen MR) is 141 cm³/mol. The lowest BCUT2D eigenvalue weighted by atomic mass is 10.0. The van der Waals surface area contributed by atoms with E-state index in [2.05, 4.69) is 19.9 Å². The molecule has 8 nitrogen and oxygen atoms in total. The minimum atomic E-state index is -0.620. The molecule has 4 aromatic rings. The van der Waals surface area contributed by atoms with Crippen LogP contribution in [-0.4, -0.2) is 49.3 Å². The number of pyridine rings is 1. The zero-order chi connectivity index (χ0) is 25.4. The fourth-order valence-electron chi connectivity index (χ4n) is 4.32. The molecule has 0 spiro atoms. The van der Waals surface area contributed by atoms with E-state index in [0.29, 0.717) is 46.5 Å². The van der Waals surface area contributed by atoms with E-state index in [0.717, 1.165) is 22.3 Å². The Kier molecular flexibility index (Phi) is 6.82. The third kappa shape index (κ3) is 5.01. The summed E-state index contributed by atoms with van der Waals surface area (Å²) in [6.07, 6.45) is 7.55. The molecule has 1 atom stereocenters. The number of aromatic nitrogens is 5. The first-order valence-electron chi connectivity index (χ1n) is 11.6. The summed E-state index contributed by atoms with van der Waals surface area (Å²) in [4.78, 5) is 31.6. The van der Waals surface area contributed by atoms with Crippen molar-refractivity contribution in [2.75, 3.05) is 12.9 Å². The fraction of sp³-hybridized carbons (Fsp3) is 0.346. The van der Waals surface area contributed by atoms with Gasteiger partial charge in [-0.05, 0) is 45.6 Å². The maximum atomic E-state index is 13.8. The lowest BCUT2D eigenvalue weighted by molar-refractivity contribution is -0.139. The van der Waals surface area contributed by atoms with Gasteiger partial charge in [-0.15, -0.1) is 0 Å². The molecule has 0 saturated carbocycles. The summed E-state index contributed by atoms with van der Waals surface area (Å²) in [6.45, 7) is 6.58. The molecule has 1 aromatic carbocycles. The van der Waals surface area contributed by atoms with Gasteiger partial charge in [0, 0.05) is 46.0 Å². The Morgan fingerprint density at radius 1 is 1.17 bits per heavy atom. The van der Waals surface area contributed by atoms with Crippen molar-refractivity contribution in [3.05, 3.63) is 63.9 Å². The summed E-state index contributed by atoms with van der Waals surface area (Å²) in [5.74, 6) is -0.620. The van der Waals surface area contributed by atoms with Crippen molar-refractivity contribution in [2.24, 2.45) is 0 Å². The van der Waals surface area contributed by atoms with Gasteiger partial charge in [0.1, 0.15) is 5.65 Å². The summed E-state index contributed by atoms with van der Waals surface area (Å²) >= 11 is 8.15. The van der Waals surface area contributed by atoms with Crippen molar-refractivity contribution in [1.29, 1.82) is 0 Å². The fourth-order valence-corrected chi connectivity index (χ4v) is 4.93. The molecule has 0 N–H and O–H groups in total. The maximum absolute atomic E-state index is 13.8. The smallest absolute Gasteiger partial charge is 0.260 e. The first-order chi connectivity index (χ1) is 17.2. The molecule has 1 aliphatic heterocycles. The van der Waals surface area contributed by atoms with Gasteiger partial charge in [-0.3, -0.25) is 14.3 Å². The average Bonchev–Trinajstić information content (AvgIpc) is 3.21. The summed E-state index contributed by atoms with van der Waals surface area (Å²) in [5.41, 5.74) is 3.90. The van der Waals surface area contributed by atoms with Crippen LogP contribution in [0.5, 0.6) is 0 Å². The first-order valence-corrected chi connectivity index (χ1v) is 13.2. The van der Waals surface area contributed by atoms with Crippen LogP contribution >= 0.6 is 23.4 Å². The Morgan fingerprint density at radius 3 is 2.69 bits per heavy atom. The maximum Gasteiger partial charge on any atom is 0.260 e. The number of nitrogens with zero attached hydrogens (tertiary/aromatic N) is 5. The van der Waals surface area contributed by atoms with Gasteiger partial charge in [0.15, 0.2) is 10.9 Å². The van der Waals surface area contributed by atoms with Crippen LogP contribution in [0.1, 0.15) is 26.0 Å². The van der Waals surface area contributed by atoms with Gasteiger partial charge in [0.2, 0.25) is 0 Å². The lowest BCUT2D eigenvalue weighted by Crippen LogP contribution is -2.27. The molecule has 0 radical (unpaired) electrons. The largest absolute Gasteiger partial charge is 0.348 e. The molecule has 36 heavy (non-hydrogen) atoms. The minimum Gasteiger partial charge on any atom is -0.348 e. The van der Waals surface area contributed by atoms with Crippen LogP contribution in [0, 0.1) is 6.92 Å². The van der Waals surface area contributed by atoms with Crippen LogP contribution in [-0.2, 0) is 16.0 Å². The van der Waals surface area contributed by atoms with Gasteiger partial charge < -0.3 is 9.47 Å².